The third-order valence-corrected chi connectivity index (χ3v) is 4.76. The van der Waals surface area contributed by atoms with Crippen molar-refractivity contribution < 1.29 is 0 Å². The van der Waals surface area contributed by atoms with Crippen LogP contribution in [-0.4, -0.2) is 0 Å². The number of rotatable bonds is 0. The van der Waals surface area contributed by atoms with Crippen LogP contribution in [0, 0.1) is 6.92 Å². The highest BCUT2D eigenvalue weighted by atomic mass is 15.0. The topological polar surface area (TPSA) is 12.0 Å². The van der Waals surface area contributed by atoms with Crippen molar-refractivity contribution in [3.63, 3.8) is 0 Å². The van der Waals surface area contributed by atoms with Crippen LogP contribution in [0.15, 0.2) is 42.5 Å². The Balaban J connectivity index is 1.91. The highest BCUT2D eigenvalue weighted by molar-refractivity contribution is 5.48. The fourth-order valence-corrected chi connectivity index (χ4v) is 3.83. The van der Waals surface area contributed by atoms with E-state index in [9.17, 15) is 0 Å². The minimum atomic E-state index is 0.0959. The van der Waals surface area contributed by atoms with Crippen LogP contribution in [0.3, 0.4) is 0 Å². The van der Waals surface area contributed by atoms with Crippen LogP contribution < -0.4 is 5.32 Å². The van der Waals surface area contributed by atoms with E-state index >= 15 is 0 Å². The molecule has 0 spiro atoms. The van der Waals surface area contributed by atoms with Crippen LogP contribution >= 0.6 is 0 Å². The van der Waals surface area contributed by atoms with Crippen molar-refractivity contribution in [2.75, 3.05) is 0 Å². The fourth-order valence-electron chi connectivity index (χ4n) is 3.83. The highest BCUT2D eigenvalue weighted by Gasteiger charge is 2.42. The molecule has 0 radical (unpaired) electrons. The quantitative estimate of drug-likeness (QED) is 0.751. The number of nitrogens with one attached hydrogen (secondary N) is 1. The molecule has 1 heteroatoms. The SMILES string of the molecule is Cc1ccc2c(c1)C1(C)Cc3ccccc3CC2N1. The summed E-state index contributed by atoms with van der Waals surface area (Å²) in [6, 6.07) is 16.3. The minimum Gasteiger partial charge on any atom is -0.300 e. The van der Waals surface area contributed by atoms with Crippen LogP contribution in [0.1, 0.15) is 40.8 Å². The van der Waals surface area contributed by atoms with Crippen molar-refractivity contribution in [3.8, 4) is 0 Å². The van der Waals surface area contributed by atoms with E-state index in [2.05, 4.69) is 61.6 Å². The molecule has 0 aromatic heterocycles. The van der Waals surface area contributed by atoms with E-state index in [1.54, 1.807) is 0 Å². The summed E-state index contributed by atoms with van der Waals surface area (Å²) in [6.07, 6.45) is 2.21. The Morgan fingerprint density at radius 1 is 1.11 bits per heavy atom. The van der Waals surface area contributed by atoms with E-state index in [4.69, 9.17) is 0 Å². The minimum absolute atomic E-state index is 0.0959. The molecule has 2 bridgehead atoms. The lowest BCUT2D eigenvalue weighted by Gasteiger charge is -2.26. The van der Waals surface area contributed by atoms with Crippen LogP contribution in [0.4, 0.5) is 0 Å². The summed E-state index contributed by atoms with van der Waals surface area (Å²) < 4.78 is 0. The molecule has 0 aliphatic carbocycles. The van der Waals surface area contributed by atoms with Crippen molar-refractivity contribution in [2.24, 2.45) is 0 Å². The Labute approximate surface area is 114 Å². The van der Waals surface area contributed by atoms with Gasteiger partial charge >= 0.3 is 0 Å². The molecule has 0 amide bonds. The Bertz CT molecular complexity index is 658. The zero-order valence-electron chi connectivity index (χ0n) is 11.5. The largest absolute Gasteiger partial charge is 0.300 e. The van der Waals surface area contributed by atoms with Crippen LogP contribution in [-0.2, 0) is 18.4 Å². The third-order valence-electron chi connectivity index (χ3n) is 4.76. The summed E-state index contributed by atoms with van der Waals surface area (Å²) in [4.78, 5) is 0. The summed E-state index contributed by atoms with van der Waals surface area (Å²) in [6.45, 7) is 4.54. The molecular weight excluding hydrogens is 230 g/mol. The first kappa shape index (κ1) is 11.2. The first-order valence-electron chi connectivity index (χ1n) is 7.11. The summed E-state index contributed by atoms with van der Waals surface area (Å²) in [5, 5.41) is 3.87. The first-order chi connectivity index (χ1) is 9.16. The van der Waals surface area contributed by atoms with E-state index in [0.717, 1.165) is 12.8 Å². The van der Waals surface area contributed by atoms with Gasteiger partial charge < -0.3 is 5.32 Å². The molecule has 96 valence electrons. The van der Waals surface area contributed by atoms with E-state index in [1.165, 1.54) is 27.8 Å². The number of hydrogen-bond acceptors (Lipinski definition) is 1. The van der Waals surface area contributed by atoms with E-state index in [-0.39, 0.29) is 5.54 Å². The average Bonchev–Trinajstić information content (AvgIpc) is 2.56. The maximum Gasteiger partial charge on any atom is 0.0455 e. The van der Waals surface area contributed by atoms with Gasteiger partial charge in [0.25, 0.3) is 0 Å². The highest BCUT2D eigenvalue weighted by Crippen LogP contribution is 2.44. The fraction of sp³-hybridized carbons (Fsp3) is 0.333. The van der Waals surface area contributed by atoms with Gasteiger partial charge in [-0.25, -0.2) is 0 Å². The van der Waals surface area contributed by atoms with Gasteiger partial charge in [-0.2, -0.15) is 0 Å². The Hall–Kier alpha value is -1.60. The van der Waals surface area contributed by atoms with Gasteiger partial charge in [0.2, 0.25) is 0 Å². The lowest BCUT2D eigenvalue weighted by atomic mass is 9.82. The van der Waals surface area contributed by atoms with E-state index < -0.39 is 0 Å². The van der Waals surface area contributed by atoms with Crippen molar-refractivity contribution >= 4 is 0 Å². The molecule has 0 fully saturated rings. The molecule has 2 heterocycles. The summed E-state index contributed by atoms with van der Waals surface area (Å²) >= 11 is 0. The van der Waals surface area contributed by atoms with Gasteiger partial charge in [0.05, 0.1) is 0 Å². The van der Waals surface area contributed by atoms with Crippen molar-refractivity contribution in [1.82, 2.24) is 5.32 Å². The van der Waals surface area contributed by atoms with Gasteiger partial charge in [-0.05, 0) is 48.9 Å². The molecule has 2 unspecified atom stereocenters. The zero-order chi connectivity index (χ0) is 13.0. The number of hydrogen-bond donors (Lipinski definition) is 1. The molecule has 2 aromatic rings. The Morgan fingerprint density at radius 2 is 1.89 bits per heavy atom. The Kier molecular flexibility index (Phi) is 2.19. The smallest absolute Gasteiger partial charge is 0.0455 e. The summed E-state index contributed by atoms with van der Waals surface area (Å²) in [7, 11) is 0. The third kappa shape index (κ3) is 1.58. The summed E-state index contributed by atoms with van der Waals surface area (Å²) in [5.41, 5.74) is 7.48. The summed E-state index contributed by atoms with van der Waals surface area (Å²) in [5.74, 6) is 0. The van der Waals surface area contributed by atoms with E-state index in [1.807, 2.05) is 0 Å². The predicted molar refractivity (Wildman–Crippen MR) is 78.3 cm³/mol. The van der Waals surface area contributed by atoms with Gasteiger partial charge in [0, 0.05) is 11.6 Å². The molecule has 0 saturated carbocycles. The van der Waals surface area contributed by atoms with Gasteiger partial charge in [-0.1, -0.05) is 48.0 Å². The molecule has 2 aliphatic rings. The van der Waals surface area contributed by atoms with Crippen LogP contribution in [0.25, 0.3) is 0 Å². The second-order valence-corrected chi connectivity index (χ2v) is 6.27. The monoisotopic (exact) mass is 249 g/mol. The molecule has 4 rings (SSSR count). The lowest BCUT2D eigenvalue weighted by Crippen LogP contribution is -2.36. The normalized spacial score (nSPS) is 27.6. The number of fused-ring (bicyclic) bond motifs is 6. The zero-order valence-corrected chi connectivity index (χ0v) is 11.5. The predicted octanol–water partition coefficient (Wildman–Crippen LogP) is 3.65. The number of benzene rings is 2. The van der Waals surface area contributed by atoms with Gasteiger partial charge in [-0.15, -0.1) is 0 Å². The van der Waals surface area contributed by atoms with Gasteiger partial charge in [0.15, 0.2) is 0 Å². The first-order valence-corrected chi connectivity index (χ1v) is 7.11. The Morgan fingerprint density at radius 3 is 2.74 bits per heavy atom. The van der Waals surface area contributed by atoms with Gasteiger partial charge in [-0.3, -0.25) is 0 Å². The molecule has 19 heavy (non-hydrogen) atoms. The standard InChI is InChI=1S/C18H19N/c1-12-7-8-15-16(9-12)18(2)11-14-6-4-3-5-13(14)10-17(15)19-18/h3-9,17,19H,10-11H2,1-2H3. The van der Waals surface area contributed by atoms with Crippen LogP contribution in [0.5, 0.6) is 0 Å². The van der Waals surface area contributed by atoms with Crippen molar-refractivity contribution in [1.29, 1.82) is 0 Å². The molecule has 2 atom stereocenters. The molecule has 2 aliphatic heterocycles. The maximum absolute atomic E-state index is 3.87. The molecular formula is C18H19N. The maximum atomic E-state index is 3.87. The molecule has 2 aromatic carbocycles. The second-order valence-electron chi connectivity index (χ2n) is 6.27. The molecule has 1 N–H and O–H groups in total. The van der Waals surface area contributed by atoms with E-state index in [0.29, 0.717) is 6.04 Å². The molecule has 1 nitrogen and oxygen atoms in total. The van der Waals surface area contributed by atoms with Gasteiger partial charge in [0.1, 0.15) is 0 Å². The number of aryl methyl sites for hydroxylation is 1. The van der Waals surface area contributed by atoms with Crippen molar-refractivity contribution in [3.05, 3.63) is 70.3 Å². The average molecular weight is 249 g/mol. The second kappa shape index (κ2) is 3.71. The lowest BCUT2D eigenvalue weighted by molar-refractivity contribution is 0.368. The molecule has 0 saturated heterocycles. The van der Waals surface area contributed by atoms with Crippen LogP contribution in [0.2, 0.25) is 0 Å². The van der Waals surface area contributed by atoms with Crippen molar-refractivity contribution in [2.45, 2.75) is 38.3 Å².